The highest BCUT2D eigenvalue weighted by molar-refractivity contribution is 8.00. The maximum Gasteiger partial charge on any atom is 0.234 e. The third-order valence-corrected chi connectivity index (χ3v) is 4.82. The summed E-state index contributed by atoms with van der Waals surface area (Å²) in [5, 5.41) is 14.3. The van der Waals surface area contributed by atoms with E-state index in [1.54, 1.807) is 0 Å². The van der Waals surface area contributed by atoms with Crippen LogP contribution in [0.5, 0.6) is 0 Å². The molecule has 3 rings (SSSR count). The quantitative estimate of drug-likeness (QED) is 0.722. The van der Waals surface area contributed by atoms with Gasteiger partial charge >= 0.3 is 0 Å². The van der Waals surface area contributed by atoms with Gasteiger partial charge in [0, 0.05) is 16.5 Å². The van der Waals surface area contributed by atoms with Gasteiger partial charge in [-0.3, -0.25) is 4.79 Å². The number of thioether (sulfide) groups is 1. The molecule has 0 saturated carbocycles. The molecular weight excluding hydrogens is 318 g/mol. The van der Waals surface area contributed by atoms with Crippen molar-refractivity contribution in [1.29, 1.82) is 0 Å². The molecule has 0 spiro atoms. The molecule has 1 N–H and O–H groups in total. The van der Waals surface area contributed by atoms with E-state index in [0.29, 0.717) is 5.75 Å². The van der Waals surface area contributed by atoms with Crippen LogP contribution in [0.15, 0.2) is 47.5 Å². The SMILES string of the molecule is Cc1ccc(NC(=O)CSc2nnc(C)c3ccccc23)c(C)c1. The number of rotatable bonds is 4. The van der Waals surface area contributed by atoms with E-state index in [1.807, 2.05) is 57.2 Å². The predicted molar refractivity (Wildman–Crippen MR) is 99.5 cm³/mol. The molecule has 0 unspecified atom stereocenters. The number of carbonyl (C=O) groups excluding carboxylic acids is 1. The molecule has 5 heteroatoms. The second-order valence-corrected chi connectivity index (χ2v) is 6.76. The van der Waals surface area contributed by atoms with Crippen LogP contribution in [0, 0.1) is 20.8 Å². The zero-order valence-corrected chi connectivity index (χ0v) is 14.8. The molecule has 0 bridgehead atoms. The number of nitrogens with zero attached hydrogens (tertiary/aromatic N) is 2. The number of carbonyl (C=O) groups is 1. The fourth-order valence-electron chi connectivity index (χ4n) is 2.59. The number of hydrogen-bond donors (Lipinski definition) is 1. The highest BCUT2D eigenvalue weighted by Gasteiger charge is 2.10. The second-order valence-electron chi connectivity index (χ2n) is 5.79. The number of aryl methyl sites for hydroxylation is 3. The van der Waals surface area contributed by atoms with E-state index in [-0.39, 0.29) is 5.91 Å². The third kappa shape index (κ3) is 3.57. The molecular formula is C19H19N3OS. The Hall–Kier alpha value is -2.40. The van der Waals surface area contributed by atoms with Crippen molar-refractivity contribution in [2.75, 3.05) is 11.1 Å². The van der Waals surface area contributed by atoms with Gasteiger partial charge in [-0.2, -0.15) is 5.10 Å². The van der Waals surface area contributed by atoms with Gasteiger partial charge in [0.15, 0.2) is 0 Å². The summed E-state index contributed by atoms with van der Waals surface area (Å²) in [4.78, 5) is 12.2. The van der Waals surface area contributed by atoms with E-state index in [2.05, 4.69) is 21.6 Å². The lowest BCUT2D eigenvalue weighted by molar-refractivity contribution is -0.113. The van der Waals surface area contributed by atoms with Crippen molar-refractivity contribution >= 4 is 34.1 Å². The molecule has 1 aromatic heterocycles. The van der Waals surface area contributed by atoms with Crippen LogP contribution in [0.2, 0.25) is 0 Å². The number of aromatic nitrogens is 2. The smallest absolute Gasteiger partial charge is 0.234 e. The summed E-state index contributed by atoms with van der Waals surface area (Å²) in [5.74, 6) is 0.258. The van der Waals surface area contributed by atoms with E-state index in [9.17, 15) is 4.79 Å². The Balaban J connectivity index is 1.72. The first-order valence-corrected chi connectivity index (χ1v) is 8.75. The molecule has 0 atom stereocenters. The molecule has 2 aromatic carbocycles. The summed E-state index contributed by atoms with van der Waals surface area (Å²) in [7, 11) is 0. The van der Waals surface area contributed by atoms with Gasteiger partial charge in [0.05, 0.1) is 11.4 Å². The fourth-order valence-corrected chi connectivity index (χ4v) is 3.37. The van der Waals surface area contributed by atoms with E-state index >= 15 is 0 Å². The fraction of sp³-hybridized carbons (Fsp3) is 0.211. The monoisotopic (exact) mass is 337 g/mol. The first kappa shape index (κ1) is 16.5. The minimum absolute atomic E-state index is 0.0431. The lowest BCUT2D eigenvalue weighted by Crippen LogP contribution is -2.15. The number of benzene rings is 2. The molecule has 0 radical (unpaired) electrons. The Morgan fingerprint density at radius 2 is 1.79 bits per heavy atom. The predicted octanol–water partition coefficient (Wildman–Crippen LogP) is 4.29. The van der Waals surface area contributed by atoms with Gasteiger partial charge in [0.2, 0.25) is 5.91 Å². The van der Waals surface area contributed by atoms with Crippen LogP contribution in [0.3, 0.4) is 0 Å². The van der Waals surface area contributed by atoms with Gasteiger partial charge in [0.1, 0.15) is 5.03 Å². The minimum atomic E-state index is -0.0431. The Labute approximate surface area is 145 Å². The number of amides is 1. The average Bonchev–Trinajstić information content (AvgIpc) is 2.57. The lowest BCUT2D eigenvalue weighted by Gasteiger charge is -2.09. The third-order valence-electron chi connectivity index (χ3n) is 3.83. The van der Waals surface area contributed by atoms with Gasteiger partial charge in [-0.15, -0.1) is 5.10 Å². The Kier molecular flexibility index (Phi) is 4.81. The number of fused-ring (bicyclic) bond motifs is 1. The molecule has 3 aromatic rings. The standard InChI is InChI=1S/C19H19N3OS/c1-12-8-9-17(13(2)10-12)20-18(23)11-24-19-16-7-5-4-6-15(16)14(3)21-22-19/h4-10H,11H2,1-3H3,(H,20,23). The summed E-state index contributed by atoms with van der Waals surface area (Å²) in [6.45, 7) is 5.97. The normalized spacial score (nSPS) is 10.8. The van der Waals surface area contributed by atoms with Crippen molar-refractivity contribution in [3.05, 3.63) is 59.3 Å². The first-order valence-electron chi connectivity index (χ1n) is 7.76. The van der Waals surface area contributed by atoms with Gasteiger partial charge < -0.3 is 5.32 Å². The van der Waals surface area contributed by atoms with Crippen LogP contribution in [-0.4, -0.2) is 21.9 Å². The molecule has 0 aliphatic rings. The van der Waals surface area contributed by atoms with Crippen LogP contribution in [-0.2, 0) is 4.79 Å². The Morgan fingerprint density at radius 3 is 2.54 bits per heavy atom. The highest BCUT2D eigenvalue weighted by atomic mass is 32.2. The Morgan fingerprint density at radius 1 is 1.04 bits per heavy atom. The van der Waals surface area contributed by atoms with Gasteiger partial charge in [-0.1, -0.05) is 53.7 Å². The summed E-state index contributed by atoms with van der Waals surface area (Å²) in [5.41, 5.74) is 4.00. The van der Waals surface area contributed by atoms with Crippen molar-refractivity contribution in [3.63, 3.8) is 0 Å². The van der Waals surface area contributed by atoms with E-state index in [4.69, 9.17) is 0 Å². The summed E-state index contributed by atoms with van der Waals surface area (Å²) >= 11 is 1.41. The van der Waals surface area contributed by atoms with Crippen LogP contribution in [0.25, 0.3) is 10.8 Å². The first-order chi connectivity index (χ1) is 11.5. The van der Waals surface area contributed by atoms with Crippen molar-refractivity contribution < 1.29 is 4.79 Å². The van der Waals surface area contributed by atoms with E-state index < -0.39 is 0 Å². The maximum absolute atomic E-state index is 12.2. The minimum Gasteiger partial charge on any atom is -0.325 e. The van der Waals surface area contributed by atoms with Gasteiger partial charge in [0.25, 0.3) is 0 Å². The molecule has 1 amide bonds. The zero-order valence-electron chi connectivity index (χ0n) is 14.0. The largest absolute Gasteiger partial charge is 0.325 e. The summed E-state index contributed by atoms with van der Waals surface area (Å²) in [6, 6.07) is 14.0. The van der Waals surface area contributed by atoms with Gasteiger partial charge in [-0.25, -0.2) is 0 Å². The highest BCUT2D eigenvalue weighted by Crippen LogP contribution is 2.26. The Bertz CT molecular complexity index is 908. The molecule has 0 aliphatic heterocycles. The van der Waals surface area contributed by atoms with Crippen molar-refractivity contribution in [1.82, 2.24) is 10.2 Å². The number of hydrogen-bond acceptors (Lipinski definition) is 4. The molecule has 1 heterocycles. The molecule has 4 nitrogen and oxygen atoms in total. The maximum atomic E-state index is 12.2. The van der Waals surface area contributed by atoms with Crippen LogP contribution < -0.4 is 5.32 Å². The lowest BCUT2D eigenvalue weighted by atomic mass is 10.1. The molecule has 0 fully saturated rings. The van der Waals surface area contributed by atoms with E-state index in [0.717, 1.165) is 32.7 Å². The average molecular weight is 337 g/mol. The molecule has 0 saturated heterocycles. The van der Waals surface area contributed by atoms with Crippen molar-refractivity contribution in [2.45, 2.75) is 25.8 Å². The molecule has 24 heavy (non-hydrogen) atoms. The van der Waals surface area contributed by atoms with E-state index in [1.165, 1.54) is 17.3 Å². The van der Waals surface area contributed by atoms with Crippen LogP contribution in [0.4, 0.5) is 5.69 Å². The van der Waals surface area contributed by atoms with Crippen LogP contribution in [0.1, 0.15) is 16.8 Å². The van der Waals surface area contributed by atoms with Crippen molar-refractivity contribution in [3.8, 4) is 0 Å². The van der Waals surface area contributed by atoms with Gasteiger partial charge in [-0.05, 0) is 32.4 Å². The number of nitrogens with one attached hydrogen (secondary N) is 1. The number of anilines is 1. The topological polar surface area (TPSA) is 54.9 Å². The molecule has 0 aliphatic carbocycles. The summed E-state index contributed by atoms with van der Waals surface area (Å²) < 4.78 is 0. The summed E-state index contributed by atoms with van der Waals surface area (Å²) in [6.07, 6.45) is 0. The van der Waals surface area contributed by atoms with Crippen LogP contribution >= 0.6 is 11.8 Å². The molecule has 122 valence electrons. The zero-order chi connectivity index (χ0) is 17.1. The van der Waals surface area contributed by atoms with Crippen molar-refractivity contribution in [2.24, 2.45) is 0 Å². The second kappa shape index (κ2) is 7.01.